The van der Waals surface area contributed by atoms with Crippen LogP contribution in [0.2, 0.25) is 0 Å². The van der Waals surface area contributed by atoms with E-state index in [0.29, 0.717) is 17.8 Å². The van der Waals surface area contributed by atoms with Crippen LogP contribution in [-0.2, 0) is 11.3 Å². The molecule has 1 aliphatic heterocycles. The molecule has 3 rings (SSSR count). The maximum absolute atomic E-state index is 13.0. The van der Waals surface area contributed by atoms with Gasteiger partial charge in [0.15, 0.2) is 0 Å². The number of nitrogens with one attached hydrogen (secondary N) is 2. The fourth-order valence-corrected chi connectivity index (χ4v) is 3.27. The zero-order valence-corrected chi connectivity index (χ0v) is 16.6. The lowest BCUT2D eigenvalue weighted by Gasteiger charge is -2.30. The summed E-state index contributed by atoms with van der Waals surface area (Å²) in [4.78, 5) is 31.4. The number of anilines is 2. The van der Waals surface area contributed by atoms with E-state index in [1.54, 1.807) is 18.5 Å². The van der Waals surface area contributed by atoms with E-state index in [1.165, 1.54) is 6.42 Å². The molecule has 0 radical (unpaired) electrons. The van der Waals surface area contributed by atoms with Gasteiger partial charge < -0.3 is 15.5 Å². The minimum atomic E-state index is -0.148. The Morgan fingerprint density at radius 1 is 1.14 bits per heavy atom. The maximum Gasteiger partial charge on any atom is 0.253 e. The molecule has 1 aromatic heterocycles. The number of hydrogen-bond donors (Lipinski definition) is 2. The van der Waals surface area contributed by atoms with Crippen LogP contribution >= 0.6 is 0 Å². The van der Waals surface area contributed by atoms with Crippen molar-refractivity contribution in [2.75, 3.05) is 23.3 Å². The van der Waals surface area contributed by atoms with Gasteiger partial charge in [-0.05, 0) is 49.1 Å². The van der Waals surface area contributed by atoms with Crippen LogP contribution in [0.4, 0.5) is 11.4 Å². The van der Waals surface area contributed by atoms with Crippen molar-refractivity contribution in [3.8, 4) is 0 Å². The zero-order chi connectivity index (χ0) is 19.9. The molecule has 1 fully saturated rings. The molecule has 148 valence electrons. The second-order valence-electron chi connectivity index (χ2n) is 7.47. The highest BCUT2D eigenvalue weighted by Gasteiger charge is 2.20. The molecule has 28 heavy (non-hydrogen) atoms. The van der Waals surface area contributed by atoms with Gasteiger partial charge in [0, 0.05) is 49.3 Å². The van der Waals surface area contributed by atoms with Crippen molar-refractivity contribution in [3.05, 3.63) is 53.9 Å². The molecule has 1 aliphatic rings. The Balaban J connectivity index is 1.82. The van der Waals surface area contributed by atoms with E-state index in [9.17, 15) is 9.59 Å². The van der Waals surface area contributed by atoms with Crippen LogP contribution in [0.15, 0.2) is 42.7 Å². The number of carbonyl (C=O) groups is 2. The van der Waals surface area contributed by atoms with Crippen molar-refractivity contribution in [2.24, 2.45) is 5.92 Å². The molecule has 0 spiro atoms. The molecule has 0 unspecified atom stereocenters. The summed E-state index contributed by atoms with van der Waals surface area (Å²) in [5.74, 6) is -0.331. The third-order valence-electron chi connectivity index (χ3n) is 4.91. The molecule has 2 aromatic rings. The summed E-state index contributed by atoms with van der Waals surface area (Å²) in [5.41, 5.74) is 3.10. The second kappa shape index (κ2) is 9.35. The smallest absolute Gasteiger partial charge is 0.253 e. The first kappa shape index (κ1) is 19.9. The number of piperidine rings is 1. The Kier molecular flexibility index (Phi) is 6.63. The van der Waals surface area contributed by atoms with E-state index < -0.39 is 0 Å². The quantitative estimate of drug-likeness (QED) is 0.803. The van der Waals surface area contributed by atoms with E-state index in [2.05, 4.69) is 20.5 Å². The molecule has 2 amide bonds. The van der Waals surface area contributed by atoms with E-state index in [0.717, 1.165) is 37.2 Å². The molecule has 2 heterocycles. The number of benzene rings is 1. The van der Waals surface area contributed by atoms with Crippen molar-refractivity contribution in [1.82, 2.24) is 10.3 Å². The molecule has 0 bridgehead atoms. The summed E-state index contributed by atoms with van der Waals surface area (Å²) in [6.07, 6.45) is 6.93. The fraction of sp³-hybridized carbons (Fsp3) is 0.409. The van der Waals surface area contributed by atoms with Crippen LogP contribution < -0.4 is 15.5 Å². The Morgan fingerprint density at radius 3 is 2.61 bits per heavy atom. The Hall–Kier alpha value is -2.89. The van der Waals surface area contributed by atoms with Crippen LogP contribution in [-0.4, -0.2) is 29.9 Å². The summed E-state index contributed by atoms with van der Waals surface area (Å²) < 4.78 is 0. The zero-order valence-electron chi connectivity index (χ0n) is 16.6. The molecule has 6 nitrogen and oxygen atoms in total. The predicted octanol–water partition coefficient (Wildman–Crippen LogP) is 3.60. The van der Waals surface area contributed by atoms with Crippen molar-refractivity contribution in [2.45, 2.75) is 39.7 Å². The Labute approximate surface area is 166 Å². The van der Waals surface area contributed by atoms with E-state index in [4.69, 9.17) is 0 Å². The SMILES string of the molecule is CC(C)C(=O)Nc1ccc(N2CCCCC2)c(C(=O)NCc2cccnc2)c1. The van der Waals surface area contributed by atoms with Gasteiger partial charge in [0.2, 0.25) is 5.91 Å². The predicted molar refractivity (Wildman–Crippen MR) is 111 cm³/mol. The molecule has 2 N–H and O–H groups in total. The lowest BCUT2D eigenvalue weighted by molar-refractivity contribution is -0.118. The fourth-order valence-electron chi connectivity index (χ4n) is 3.27. The molecule has 0 saturated carbocycles. The summed E-state index contributed by atoms with van der Waals surface area (Å²) in [6.45, 7) is 5.99. The van der Waals surface area contributed by atoms with Gasteiger partial charge in [-0.3, -0.25) is 14.6 Å². The number of rotatable bonds is 6. The topological polar surface area (TPSA) is 74.3 Å². The van der Waals surface area contributed by atoms with Crippen LogP contribution in [0.25, 0.3) is 0 Å². The van der Waals surface area contributed by atoms with Crippen molar-refractivity contribution in [1.29, 1.82) is 0 Å². The molecule has 6 heteroatoms. The van der Waals surface area contributed by atoms with Crippen molar-refractivity contribution >= 4 is 23.2 Å². The first-order valence-corrected chi connectivity index (χ1v) is 9.91. The van der Waals surface area contributed by atoms with Gasteiger partial charge in [0.05, 0.1) is 5.56 Å². The average Bonchev–Trinajstić information content (AvgIpc) is 2.73. The lowest BCUT2D eigenvalue weighted by Crippen LogP contribution is -2.32. The molecule has 0 atom stereocenters. The highest BCUT2D eigenvalue weighted by Crippen LogP contribution is 2.27. The first-order valence-electron chi connectivity index (χ1n) is 9.91. The van der Waals surface area contributed by atoms with Gasteiger partial charge in [0.25, 0.3) is 5.91 Å². The summed E-state index contributed by atoms with van der Waals surface area (Å²) in [7, 11) is 0. The number of carbonyl (C=O) groups excluding carboxylic acids is 2. The van der Waals surface area contributed by atoms with Crippen molar-refractivity contribution in [3.63, 3.8) is 0 Å². The second-order valence-corrected chi connectivity index (χ2v) is 7.47. The van der Waals surface area contributed by atoms with E-state index >= 15 is 0 Å². The van der Waals surface area contributed by atoms with Gasteiger partial charge in [-0.1, -0.05) is 19.9 Å². The minimum absolute atomic E-state index is 0.0626. The van der Waals surface area contributed by atoms with Gasteiger partial charge in [-0.2, -0.15) is 0 Å². The minimum Gasteiger partial charge on any atom is -0.371 e. The molecule has 0 aliphatic carbocycles. The van der Waals surface area contributed by atoms with Gasteiger partial charge >= 0.3 is 0 Å². The van der Waals surface area contributed by atoms with E-state index in [1.807, 2.05) is 38.1 Å². The van der Waals surface area contributed by atoms with Crippen LogP contribution in [0.3, 0.4) is 0 Å². The number of aromatic nitrogens is 1. The summed E-state index contributed by atoms with van der Waals surface area (Å²) in [6, 6.07) is 9.38. The largest absolute Gasteiger partial charge is 0.371 e. The van der Waals surface area contributed by atoms with Crippen LogP contribution in [0.5, 0.6) is 0 Å². The average molecular weight is 380 g/mol. The number of nitrogens with zero attached hydrogens (tertiary/aromatic N) is 2. The number of amides is 2. The van der Waals surface area contributed by atoms with Gasteiger partial charge in [0.1, 0.15) is 0 Å². The molecular weight excluding hydrogens is 352 g/mol. The van der Waals surface area contributed by atoms with Crippen molar-refractivity contribution < 1.29 is 9.59 Å². The highest BCUT2D eigenvalue weighted by atomic mass is 16.2. The molecule has 1 aromatic carbocycles. The monoisotopic (exact) mass is 380 g/mol. The molecule has 1 saturated heterocycles. The Morgan fingerprint density at radius 2 is 1.93 bits per heavy atom. The number of pyridine rings is 1. The first-order chi connectivity index (χ1) is 13.5. The summed E-state index contributed by atoms with van der Waals surface area (Å²) >= 11 is 0. The van der Waals surface area contributed by atoms with Crippen LogP contribution in [0, 0.1) is 5.92 Å². The molecular formula is C22H28N4O2. The van der Waals surface area contributed by atoms with Crippen LogP contribution in [0.1, 0.15) is 49.0 Å². The maximum atomic E-state index is 13.0. The standard InChI is InChI=1S/C22H28N4O2/c1-16(2)21(27)25-18-8-9-20(26-11-4-3-5-12-26)19(13-18)22(28)24-15-17-7-6-10-23-14-17/h6-10,13-14,16H,3-5,11-12,15H2,1-2H3,(H,24,28)(H,25,27). The third-order valence-corrected chi connectivity index (χ3v) is 4.91. The van der Waals surface area contributed by atoms with Gasteiger partial charge in [-0.25, -0.2) is 0 Å². The van der Waals surface area contributed by atoms with E-state index in [-0.39, 0.29) is 17.7 Å². The van der Waals surface area contributed by atoms with Gasteiger partial charge in [-0.15, -0.1) is 0 Å². The highest BCUT2D eigenvalue weighted by molar-refractivity contribution is 6.02. The normalized spacial score (nSPS) is 14.0. The Bertz CT molecular complexity index is 815. The number of hydrogen-bond acceptors (Lipinski definition) is 4. The lowest BCUT2D eigenvalue weighted by atomic mass is 10.1. The third kappa shape index (κ3) is 5.09. The summed E-state index contributed by atoms with van der Waals surface area (Å²) in [5, 5.41) is 5.87.